The van der Waals surface area contributed by atoms with Crippen molar-refractivity contribution < 1.29 is 27.9 Å². The molecule has 11 heteroatoms. The predicted octanol–water partition coefficient (Wildman–Crippen LogP) is 2.79. The van der Waals surface area contributed by atoms with Crippen molar-refractivity contribution in [3.05, 3.63) is 93.3 Å². The van der Waals surface area contributed by atoms with Gasteiger partial charge < -0.3 is 15.8 Å². The van der Waals surface area contributed by atoms with E-state index in [0.29, 0.717) is 0 Å². The molecule has 184 valence electrons. The maximum atomic E-state index is 15.0. The van der Waals surface area contributed by atoms with Crippen molar-refractivity contribution in [1.82, 2.24) is 10.2 Å². The first kappa shape index (κ1) is 24.9. The summed E-state index contributed by atoms with van der Waals surface area (Å²) in [7, 11) is 1.17. The number of thioether (sulfide) groups is 1. The van der Waals surface area contributed by atoms with Crippen LogP contribution in [0.15, 0.2) is 70.5 Å². The molecule has 1 fully saturated rings. The monoisotopic (exact) mass is 510 g/mol. The molecule has 0 radical (unpaired) electrons. The maximum absolute atomic E-state index is 15.0. The number of methoxy groups -OCH3 is 1. The van der Waals surface area contributed by atoms with Gasteiger partial charge in [0, 0.05) is 12.1 Å². The lowest BCUT2D eigenvalue weighted by molar-refractivity contribution is -0.142. The summed E-state index contributed by atoms with van der Waals surface area (Å²) in [6.45, 7) is 0.0776. The van der Waals surface area contributed by atoms with Crippen molar-refractivity contribution in [2.24, 2.45) is 5.73 Å². The molecule has 2 aromatic carbocycles. The van der Waals surface area contributed by atoms with Gasteiger partial charge in [0.2, 0.25) is 5.91 Å². The molecule has 2 aromatic rings. The van der Waals surface area contributed by atoms with Crippen LogP contribution in [0.4, 0.5) is 8.78 Å². The Labute approximate surface area is 209 Å². The molecule has 3 N–H and O–H groups in total. The molecular weight excluding hydrogens is 490 g/mol. The highest BCUT2D eigenvalue weighted by molar-refractivity contribution is 8.04. The number of hydrogen-bond acceptors (Lipinski definition) is 7. The summed E-state index contributed by atoms with van der Waals surface area (Å²) < 4.78 is 34.6. The molecule has 4 rings (SSSR count). The number of nitrogens with one attached hydrogen (secondary N) is 1. The van der Waals surface area contributed by atoms with Crippen LogP contribution in [0.2, 0.25) is 0 Å². The minimum absolute atomic E-state index is 0.00335. The van der Waals surface area contributed by atoms with E-state index in [2.05, 4.69) is 10.1 Å². The third-order valence-corrected chi connectivity index (χ3v) is 7.09. The van der Waals surface area contributed by atoms with E-state index >= 15 is 0 Å². The number of esters is 1. The van der Waals surface area contributed by atoms with Gasteiger partial charge in [-0.1, -0.05) is 48.2 Å². The van der Waals surface area contributed by atoms with Crippen LogP contribution in [0.3, 0.4) is 0 Å². The maximum Gasteiger partial charge on any atom is 0.307 e. The predicted molar refractivity (Wildman–Crippen MR) is 126 cm³/mol. The second-order valence-electron chi connectivity index (χ2n) is 7.93. The van der Waals surface area contributed by atoms with Crippen LogP contribution < -0.4 is 11.1 Å². The van der Waals surface area contributed by atoms with Gasteiger partial charge >= 0.3 is 5.97 Å². The molecule has 36 heavy (non-hydrogen) atoms. The van der Waals surface area contributed by atoms with Crippen molar-refractivity contribution in [1.29, 1.82) is 5.26 Å². The summed E-state index contributed by atoms with van der Waals surface area (Å²) in [6.07, 6.45) is -0.327. The Balaban J connectivity index is 1.87. The standard InChI is InChI=1S/C25H20F2N4O4S/c1-35-18(32)10-17-24(34)31-22(29)14(11-28)19(20-15(26)8-5-9-16(20)27)21(25(31)36-17)23(33)30-12-13-6-3-2-4-7-13/h2-9,17,19H,10,12,29H2,1H3,(H,30,33)/t17-,19-/m0/s1. The van der Waals surface area contributed by atoms with Crippen LogP contribution in [0, 0.1) is 23.0 Å². The first-order valence-electron chi connectivity index (χ1n) is 10.8. The Hall–Kier alpha value is -4.17. The van der Waals surface area contributed by atoms with Gasteiger partial charge in [0.25, 0.3) is 5.91 Å². The van der Waals surface area contributed by atoms with Crippen LogP contribution in [-0.4, -0.2) is 35.0 Å². The first-order valence-corrected chi connectivity index (χ1v) is 11.6. The number of carbonyl (C=O) groups is 3. The van der Waals surface area contributed by atoms with E-state index in [0.717, 1.165) is 40.4 Å². The van der Waals surface area contributed by atoms with Crippen molar-refractivity contribution in [3.8, 4) is 6.07 Å². The van der Waals surface area contributed by atoms with Crippen LogP contribution in [0.25, 0.3) is 0 Å². The Morgan fingerprint density at radius 1 is 1.17 bits per heavy atom. The minimum atomic E-state index is -1.52. The number of halogens is 2. The van der Waals surface area contributed by atoms with Crippen molar-refractivity contribution in [2.75, 3.05) is 7.11 Å². The summed E-state index contributed by atoms with van der Waals surface area (Å²) in [6, 6.07) is 13.9. The largest absolute Gasteiger partial charge is 0.469 e. The summed E-state index contributed by atoms with van der Waals surface area (Å²) in [5.74, 6) is -5.90. The van der Waals surface area contributed by atoms with E-state index in [1.807, 2.05) is 6.07 Å². The van der Waals surface area contributed by atoms with Gasteiger partial charge in [0.15, 0.2) is 0 Å². The Morgan fingerprint density at radius 3 is 2.44 bits per heavy atom. The summed E-state index contributed by atoms with van der Waals surface area (Å²) >= 11 is 0.857. The lowest BCUT2D eigenvalue weighted by Crippen LogP contribution is -2.40. The number of hydrogen-bond donors (Lipinski definition) is 2. The van der Waals surface area contributed by atoms with Gasteiger partial charge in [0.1, 0.15) is 22.7 Å². The second-order valence-corrected chi connectivity index (χ2v) is 9.12. The fraction of sp³-hybridized carbons (Fsp3) is 0.200. The molecule has 0 saturated carbocycles. The van der Waals surface area contributed by atoms with Crippen molar-refractivity contribution in [2.45, 2.75) is 24.1 Å². The third kappa shape index (κ3) is 4.43. The number of carbonyl (C=O) groups excluding carboxylic acids is 3. The minimum Gasteiger partial charge on any atom is -0.469 e. The molecule has 2 aliphatic heterocycles. The van der Waals surface area contributed by atoms with Crippen LogP contribution in [0.1, 0.15) is 23.5 Å². The second kappa shape index (κ2) is 10.2. The quantitative estimate of drug-likeness (QED) is 0.573. The first-order chi connectivity index (χ1) is 17.3. The van der Waals surface area contributed by atoms with Gasteiger partial charge in [-0.05, 0) is 17.7 Å². The number of benzene rings is 2. The molecule has 2 aliphatic rings. The summed E-state index contributed by atoms with van der Waals surface area (Å²) in [5, 5.41) is 11.6. The van der Waals surface area contributed by atoms with Gasteiger partial charge in [-0.25, -0.2) is 8.78 Å². The SMILES string of the molecule is COC(=O)C[C@@H]1SC2=C(C(=O)NCc3ccccc3)[C@H](c3c(F)cccc3F)C(C#N)=C(N)N2C1=O. The van der Waals surface area contributed by atoms with Gasteiger partial charge in [-0.2, -0.15) is 5.26 Å². The van der Waals surface area contributed by atoms with E-state index in [1.54, 1.807) is 30.3 Å². The highest BCUT2D eigenvalue weighted by atomic mass is 32.2. The normalized spacial score (nSPS) is 19.2. The number of nitriles is 1. The van der Waals surface area contributed by atoms with Crippen molar-refractivity contribution >= 4 is 29.5 Å². The molecule has 2 atom stereocenters. The van der Waals surface area contributed by atoms with E-state index in [1.165, 1.54) is 7.11 Å². The lowest BCUT2D eigenvalue weighted by Gasteiger charge is -2.32. The molecule has 2 heterocycles. The highest BCUT2D eigenvalue weighted by Crippen LogP contribution is 2.50. The molecular formula is C25H20F2N4O4S. The molecule has 2 amide bonds. The van der Waals surface area contributed by atoms with Crippen molar-refractivity contribution in [3.63, 3.8) is 0 Å². The molecule has 0 unspecified atom stereocenters. The Morgan fingerprint density at radius 2 is 1.83 bits per heavy atom. The number of fused-ring (bicyclic) bond motifs is 1. The summed E-state index contributed by atoms with van der Waals surface area (Å²) in [4.78, 5) is 39.5. The fourth-order valence-electron chi connectivity index (χ4n) is 4.09. The number of nitrogens with two attached hydrogens (primary N) is 1. The number of rotatable bonds is 6. The van der Waals surface area contributed by atoms with E-state index in [9.17, 15) is 28.4 Å². The molecule has 0 bridgehead atoms. The molecule has 8 nitrogen and oxygen atoms in total. The zero-order valence-electron chi connectivity index (χ0n) is 19.0. The average Bonchev–Trinajstić information content (AvgIpc) is 3.18. The lowest BCUT2D eigenvalue weighted by atomic mass is 9.82. The van der Waals surface area contributed by atoms with Crippen LogP contribution >= 0.6 is 11.8 Å². The Kier molecular flexibility index (Phi) is 7.07. The number of nitrogens with zero attached hydrogens (tertiary/aromatic N) is 2. The van der Waals surface area contributed by atoms with E-state index < -0.39 is 46.1 Å². The number of ether oxygens (including phenoxy) is 1. The van der Waals surface area contributed by atoms with Crippen LogP contribution in [-0.2, 0) is 25.7 Å². The van der Waals surface area contributed by atoms with E-state index in [4.69, 9.17) is 5.73 Å². The zero-order valence-corrected chi connectivity index (χ0v) is 19.8. The zero-order chi connectivity index (χ0) is 26.0. The molecule has 1 saturated heterocycles. The van der Waals surface area contributed by atoms with Gasteiger partial charge in [-0.15, -0.1) is 0 Å². The average molecular weight is 511 g/mol. The molecule has 0 aliphatic carbocycles. The van der Waals surface area contributed by atoms with Crippen LogP contribution in [0.5, 0.6) is 0 Å². The highest BCUT2D eigenvalue weighted by Gasteiger charge is 2.49. The third-order valence-electron chi connectivity index (χ3n) is 5.81. The smallest absolute Gasteiger partial charge is 0.307 e. The molecule has 0 spiro atoms. The van der Waals surface area contributed by atoms with Gasteiger partial charge in [0.05, 0.1) is 41.7 Å². The van der Waals surface area contributed by atoms with Gasteiger partial charge in [-0.3, -0.25) is 19.3 Å². The summed E-state index contributed by atoms with van der Waals surface area (Å²) in [5.41, 5.74) is 5.80. The molecule has 0 aromatic heterocycles. The van der Waals surface area contributed by atoms with E-state index in [-0.39, 0.29) is 35.0 Å². The topological polar surface area (TPSA) is 126 Å². The fourth-order valence-corrected chi connectivity index (χ4v) is 5.42. The Bertz CT molecular complexity index is 1330. The number of amides is 2. The number of allylic oxidation sites excluding steroid dienone is 1.